The molecule has 0 radical (unpaired) electrons. The number of hydrogen-bond donors (Lipinski definition) is 1. The molecule has 0 aliphatic carbocycles. The molecule has 13 heavy (non-hydrogen) atoms. The minimum atomic E-state index is -0.0375. The van der Waals surface area contributed by atoms with Crippen LogP contribution in [0.4, 0.5) is 0 Å². The number of nitrogens with two attached hydrogens (primary N) is 1. The Kier molecular flexibility index (Phi) is 1.24. The van der Waals surface area contributed by atoms with Crippen LogP contribution in [0.2, 0.25) is 0 Å². The molecule has 3 rings (SSSR count). The van der Waals surface area contributed by atoms with E-state index in [0.29, 0.717) is 6.61 Å². The minimum Gasteiger partial charge on any atom is -0.491 e. The summed E-state index contributed by atoms with van der Waals surface area (Å²) in [7, 11) is 0. The molecule has 4 heteroatoms. The van der Waals surface area contributed by atoms with Crippen LogP contribution in [0.5, 0.6) is 17.2 Å². The molecule has 1 atom stereocenters. The van der Waals surface area contributed by atoms with Crippen LogP contribution in [-0.2, 0) is 0 Å². The number of benzene rings is 1. The third-order valence-corrected chi connectivity index (χ3v) is 2.32. The zero-order valence-corrected chi connectivity index (χ0v) is 6.95. The fraction of sp³-hybridized carbons (Fsp3) is 0.333. The number of ether oxygens (including phenoxy) is 3. The first kappa shape index (κ1) is 7.03. The lowest BCUT2D eigenvalue weighted by Gasteiger charge is -2.01. The van der Waals surface area contributed by atoms with Gasteiger partial charge in [0.25, 0.3) is 0 Å². The predicted octanol–water partition coefficient (Wildman–Crippen LogP) is 0.807. The summed E-state index contributed by atoms with van der Waals surface area (Å²) in [5, 5.41) is 0. The number of hydrogen-bond acceptors (Lipinski definition) is 4. The second kappa shape index (κ2) is 2.29. The molecule has 0 saturated heterocycles. The van der Waals surface area contributed by atoms with Crippen LogP contribution in [0.15, 0.2) is 12.1 Å². The summed E-state index contributed by atoms with van der Waals surface area (Å²) in [6, 6.07) is 3.70. The second-order valence-corrected chi connectivity index (χ2v) is 3.16. The Morgan fingerprint density at radius 2 is 1.85 bits per heavy atom. The van der Waals surface area contributed by atoms with Crippen molar-refractivity contribution in [3.8, 4) is 17.2 Å². The molecule has 2 heterocycles. The van der Waals surface area contributed by atoms with Gasteiger partial charge in [0.2, 0.25) is 6.79 Å². The summed E-state index contributed by atoms with van der Waals surface area (Å²) in [5.74, 6) is 2.32. The molecule has 0 saturated carbocycles. The molecule has 0 aromatic heterocycles. The van der Waals surface area contributed by atoms with E-state index in [1.807, 2.05) is 12.1 Å². The lowest BCUT2D eigenvalue weighted by atomic mass is 10.1. The highest BCUT2D eigenvalue weighted by Gasteiger charge is 2.25. The molecule has 2 aliphatic heterocycles. The zero-order chi connectivity index (χ0) is 8.84. The molecule has 0 spiro atoms. The van der Waals surface area contributed by atoms with Crippen LogP contribution >= 0.6 is 0 Å². The molecular formula is C9H9NO3. The Morgan fingerprint density at radius 3 is 2.69 bits per heavy atom. The van der Waals surface area contributed by atoms with Crippen LogP contribution in [0.25, 0.3) is 0 Å². The van der Waals surface area contributed by atoms with Gasteiger partial charge in [-0.1, -0.05) is 0 Å². The molecule has 2 aliphatic rings. The molecule has 2 N–H and O–H groups in total. The average molecular weight is 179 g/mol. The predicted molar refractivity (Wildman–Crippen MR) is 45.0 cm³/mol. The van der Waals surface area contributed by atoms with E-state index >= 15 is 0 Å². The van der Waals surface area contributed by atoms with Gasteiger partial charge in [-0.25, -0.2) is 0 Å². The van der Waals surface area contributed by atoms with E-state index in [2.05, 4.69) is 0 Å². The van der Waals surface area contributed by atoms with Gasteiger partial charge in [0.15, 0.2) is 11.5 Å². The first-order valence-electron chi connectivity index (χ1n) is 4.16. The molecule has 0 amide bonds. The third kappa shape index (κ3) is 0.890. The van der Waals surface area contributed by atoms with Gasteiger partial charge < -0.3 is 19.9 Å². The van der Waals surface area contributed by atoms with E-state index in [9.17, 15) is 0 Å². The van der Waals surface area contributed by atoms with Crippen molar-refractivity contribution >= 4 is 0 Å². The van der Waals surface area contributed by atoms with Crippen molar-refractivity contribution in [3.05, 3.63) is 17.7 Å². The van der Waals surface area contributed by atoms with Crippen molar-refractivity contribution < 1.29 is 14.2 Å². The second-order valence-electron chi connectivity index (χ2n) is 3.16. The quantitative estimate of drug-likeness (QED) is 0.640. The normalized spacial score (nSPS) is 22.7. The molecule has 68 valence electrons. The smallest absolute Gasteiger partial charge is 0.231 e. The van der Waals surface area contributed by atoms with Crippen LogP contribution in [0, 0.1) is 0 Å². The maximum absolute atomic E-state index is 5.82. The molecule has 1 aromatic rings. The van der Waals surface area contributed by atoms with Crippen molar-refractivity contribution in [3.63, 3.8) is 0 Å². The van der Waals surface area contributed by atoms with Gasteiger partial charge >= 0.3 is 0 Å². The lowest BCUT2D eigenvalue weighted by Crippen LogP contribution is -2.10. The monoisotopic (exact) mass is 179 g/mol. The van der Waals surface area contributed by atoms with E-state index < -0.39 is 0 Å². The van der Waals surface area contributed by atoms with Gasteiger partial charge in [0.1, 0.15) is 12.4 Å². The van der Waals surface area contributed by atoms with Crippen molar-refractivity contribution in [2.75, 3.05) is 13.4 Å². The van der Waals surface area contributed by atoms with Gasteiger partial charge in [-0.15, -0.1) is 0 Å². The van der Waals surface area contributed by atoms with Gasteiger partial charge in [-0.2, -0.15) is 0 Å². The molecule has 0 bridgehead atoms. The standard InChI is InChI=1S/C9H9NO3/c10-6-3-11-7-2-9-8(1-5(6)7)12-4-13-9/h1-2,6H,3-4,10H2. The summed E-state index contributed by atoms with van der Waals surface area (Å²) in [5.41, 5.74) is 6.82. The van der Waals surface area contributed by atoms with Crippen molar-refractivity contribution in [1.29, 1.82) is 0 Å². The summed E-state index contributed by atoms with van der Waals surface area (Å²) in [6.45, 7) is 0.825. The van der Waals surface area contributed by atoms with Crippen LogP contribution in [0.3, 0.4) is 0 Å². The van der Waals surface area contributed by atoms with E-state index in [4.69, 9.17) is 19.9 Å². The van der Waals surface area contributed by atoms with Gasteiger partial charge in [0.05, 0.1) is 6.04 Å². The molecule has 4 nitrogen and oxygen atoms in total. The van der Waals surface area contributed by atoms with E-state index in [0.717, 1.165) is 22.8 Å². The Hall–Kier alpha value is -1.42. The average Bonchev–Trinajstić information content (AvgIpc) is 2.70. The maximum atomic E-state index is 5.82. The zero-order valence-electron chi connectivity index (χ0n) is 6.95. The number of rotatable bonds is 0. The van der Waals surface area contributed by atoms with E-state index in [-0.39, 0.29) is 12.8 Å². The SMILES string of the molecule is NC1COc2cc3c(cc21)OCO3. The van der Waals surface area contributed by atoms with Gasteiger partial charge in [0, 0.05) is 11.6 Å². The molecule has 0 fully saturated rings. The van der Waals surface area contributed by atoms with Crippen molar-refractivity contribution in [1.82, 2.24) is 0 Å². The highest BCUT2D eigenvalue weighted by Crippen LogP contribution is 2.42. The summed E-state index contributed by atoms with van der Waals surface area (Å²) in [4.78, 5) is 0. The Labute approximate surface area is 75.2 Å². The molecular weight excluding hydrogens is 170 g/mol. The van der Waals surface area contributed by atoms with Crippen LogP contribution < -0.4 is 19.9 Å². The lowest BCUT2D eigenvalue weighted by molar-refractivity contribution is 0.173. The summed E-state index contributed by atoms with van der Waals surface area (Å²) < 4.78 is 15.8. The van der Waals surface area contributed by atoms with Crippen LogP contribution in [0.1, 0.15) is 11.6 Å². The molecule has 1 unspecified atom stereocenters. The summed E-state index contributed by atoms with van der Waals surface area (Å²) in [6.07, 6.45) is 0. The Bertz CT molecular complexity index is 364. The van der Waals surface area contributed by atoms with E-state index in [1.54, 1.807) is 0 Å². The number of fused-ring (bicyclic) bond motifs is 2. The highest BCUT2D eigenvalue weighted by molar-refractivity contribution is 5.54. The summed E-state index contributed by atoms with van der Waals surface area (Å²) >= 11 is 0. The highest BCUT2D eigenvalue weighted by atomic mass is 16.7. The van der Waals surface area contributed by atoms with Crippen LogP contribution in [-0.4, -0.2) is 13.4 Å². The van der Waals surface area contributed by atoms with Gasteiger partial charge in [-0.05, 0) is 6.07 Å². The van der Waals surface area contributed by atoms with E-state index in [1.165, 1.54) is 0 Å². The topological polar surface area (TPSA) is 53.7 Å². The fourth-order valence-electron chi connectivity index (χ4n) is 1.62. The minimum absolute atomic E-state index is 0.0375. The first-order valence-corrected chi connectivity index (χ1v) is 4.16. The fourth-order valence-corrected chi connectivity index (χ4v) is 1.62. The Morgan fingerprint density at radius 1 is 1.08 bits per heavy atom. The molecule has 1 aromatic carbocycles. The maximum Gasteiger partial charge on any atom is 0.231 e. The van der Waals surface area contributed by atoms with Gasteiger partial charge in [-0.3, -0.25) is 0 Å². The van der Waals surface area contributed by atoms with Crippen molar-refractivity contribution in [2.24, 2.45) is 5.73 Å². The Balaban J connectivity index is 2.16. The van der Waals surface area contributed by atoms with Crippen molar-refractivity contribution in [2.45, 2.75) is 6.04 Å². The first-order chi connectivity index (χ1) is 6.34. The largest absolute Gasteiger partial charge is 0.491 e. The third-order valence-electron chi connectivity index (χ3n) is 2.32.